The molecule has 0 aliphatic carbocycles. The lowest BCUT2D eigenvalue weighted by atomic mass is 10.00. The van der Waals surface area contributed by atoms with Gasteiger partial charge in [0.15, 0.2) is 17.7 Å². The van der Waals surface area contributed by atoms with Crippen molar-refractivity contribution in [3.8, 4) is 5.75 Å². The van der Waals surface area contributed by atoms with Crippen molar-refractivity contribution in [1.29, 1.82) is 0 Å². The highest BCUT2D eigenvalue weighted by Gasteiger charge is 2.43. The topological polar surface area (TPSA) is 101 Å². The molecule has 1 aromatic carbocycles. The van der Waals surface area contributed by atoms with Crippen LogP contribution in [0.1, 0.15) is 53.1 Å². The SMILES string of the molecule is CC[C@@H]1C[C@H](C)O[C@H]2Cn3cc(C(=O)NCc4ccc(F)cc4)c(=O)c(O)c3C(=O)N12. The van der Waals surface area contributed by atoms with E-state index in [1.54, 1.807) is 4.90 Å². The number of nitrogens with zero attached hydrogens (tertiary/aromatic N) is 2. The standard InChI is InChI=1S/C22H24FN3O5/c1-3-15-8-12(2)31-17-11-25-10-16(19(27)20(28)18(25)22(30)26(15)17)21(29)24-9-13-4-6-14(23)7-5-13/h4-7,10,12,15,17,28H,3,8-9,11H2,1-2H3,(H,24,29)/t12-,15+,17-/m0/s1. The number of hydrogen-bond acceptors (Lipinski definition) is 5. The highest BCUT2D eigenvalue weighted by molar-refractivity contribution is 5.99. The van der Waals surface area contributed by atoms with Crippen molar-refractivity contribution in [3.63, 3.8) is 0 Å². The van der Waals surface area contributed by atoms with Gasteiger partial charge in [0, 0.05) is 18.8 Å². The summed E-state index contributed by atoms with van der Waals surface area (Å²) in [5.74, 6) is -2.32. The Hall–Kier alpha value is -3.20. The third kappa shape index (κ3) is 3.81. The van der Waals surface area contributed by atoms with Crippen molar-refractivity contribution in [2.75, 3.05) is 0 Å². The van der Waals surface area contributed by atoms with Crippen molar-refractivity contribution in [3.05, 3.63) is 63.3 Å². The molecule has 2 aliphatic heterocycles. The summed E-state index contributed by atoms with van der Waals surface area (Å²) in [4.78, 5) is 40.0. The molecule has 0 radical (unpaired) electrons. The molecule has 8 nitrogen and oxygen atoms in total. The van der Waals surface area contributed by atoms with E-state index < -0.39 is 35.0 Å². The number of benzene rings is 1. The molecule has 2 aliphatic rings. The number of halogens is 1. The minimum atomic E-state index is -0.908. The number of amides is 2. The molecule has 1 aromatic heterocycles. The van der Waals surface area contributed by atoms with Gasteiger partial charge in [-0.15, -0.1) is 0 Å². The molecular formula is C22H24FN3O5. The van der Waals surface area contributed by atoms with Gasteiger partial charge in [0.05, 0.1) is 12.6 Å². The fourth-order valence-corrected chi connectivity index (χ4v) is 4.26. The van der Waals surface area contributed by atoms with E-state index in [-0.39, 0.29) is 36.5 Å². The summed E-state index contributed by atoms with van der Waals surface area (Å²) in [6, 6.07) is 5.53. The predicted octanol–water partition coefficient (Wildman–Crippen LogP) is 1.99. The minimum absolute atomic E-state index is 0.0352. The van der Waals surface area contributed by atoms with Crippen molar-refractivity contribution >= 4 is 11.8 Å². The van der Waals surface area contributed by atoms with Gasteiger partial charge in [-0.1, -0.05) is 19.1 Å². The van der Waals surface area contributed by atoms with Crippen LogP contribution in [0.5, 0.6) is 5.75 Å². The first-order chi connectivity index (χ1) is 14.8. The number of ether oxygens (including phenoxy) is 1. The van der Waals surface area contributed by atoms with E-state index in [0.29, 0.717) is 12.0 Å². The van der Waals surface area contributed by atoms with E-state index in [0.717, 1.165) is 6.42 Å². The van der Waals surface area contributed by atoms with E-state index in [2.05, 4.69) is 5.32 Å². The van der Waals surface area contributed by atoms with Gasteiger partial charge in [-0.25, -0.2) is 4.39 Å². The third-order valence-corrected chi connectivity index (χ3v) is 5.83. The van der Waals surface area contributed by atoms with E-state index >= 15 is 0 Å². The van der Waals surface area contributed by atoms with Crippen molar-refractivity contribution in [2.24, 2.45) is 0 Å². The molecule has 2 aromatic rings. The smallest absolute Gasteiger partial charge is 0.276 e. The normalized spacial score (nSPS) is 22.6. The van der Waals surface area contributed by atoms with Gasteiger partial charge in [-0.05, 0) is 37.5 Å². The third-order valence-electron chi connectivity index (χ3n) is 5.83. The molecule has 9 heteroatoms. The number of carbonyl (C=O) groups excluding carboxylic acids is 2. The summed E-state index contributed by atoms with van der Waals surface area (Å²) in [7, 11) is 0. The molecule has 0 spiro atoms. The molecule has 0 bridgehead atoms. The van der Waals surface area contributed by atoms with E-state index in [1.807, 2.05) is 13.8 Å². The molecule has 3 atom stereocenters. The van der Waals surface area contributed by atoms with Crippen molar-refractivity contribution in [2.45, 2.75) is 58.2 Å². The van der Waals surface area contributed by atoms with E-state index in [9.17, 15) is 23.9 Å². The summed E-state index contributed by atoms with van der Waals surface area (Å²) in [5.41, 5.74) is -0.666. The Bertz CT molecular complexity index is 1080. The maximum absolute atomic E-state index is 13.1. The Morgan fingerprint density at radius 2 is 2.00 bits per heavy atom. The van der Waals surface area contributed by atoms with Crippen LogP contribution in [-0.2, 0) is 17.8 Å². The summed E-state index contributed by atoms with van der Waals surface area (Å²) < 4.78 is 20.4. The lowest BCUT2D eigenvalue weighted by molar-refractivity contribution is -0.150. The van der Waals surface area contributed by atoms with Gasteiger partial charge in [0.25, 0.3) is 11.8 Å². The van der Waals surface area contributed by atoms with Crippen LogP contribution in [0.3, 0.4) is 0 Å². The summed E-state index contributed by atoms with van der Waals surface area (Å²) >= 11 is 0. The summed E-state index contributed by atoms with van der Waals surface area (Å²) in [6.07, 6.45) is 2.12. The van der Waals surface area contributed by atoms with Crippen LogP contribution in [0.25, 0.3) is 0 Å². The first-order valence-corrected chi connectivity index (χ1v) is 10.3. The number of fused-ring (bicyclic) bond motifs is 2. The molecular weight excluding hydrogens is 405 g/mol. The molecule has 2 amide bonds. The van der Waals surface area contributed by atoms with Gasteiger partial charge in [0.1, 0.15) is 11.4 Å². The molecule has 2 N–H and O–H groups in total. The number of carbonyl (C=O) groups is 2. The maximum atomic E-state index is 13.1. The van der Waals surface area contributed by atoms with Gasteiger partial charge >= 0.3 is 0 Å². The Kier molecular flexibility index (Phi) is 5.53. The Morgan fingerprint density at radius 3 is 2.68 bits per heavy atom. The highest BCUT2D eigenvalue weighted by Crippen LogP contribution is 2.32. The van der Waals surface area contributed by atoms with Crippen LogP contribution in [0.15, 0.2) is 35.3 Å². The molecule has 0 saturated carbocycles. The van der Waals surface area contributed by atoms with Crippen LogP contribution in [0.4, 0.5) is 4.39 Å². The van der Waals surface area contributed by atoms with Gasteiger partial charge in [0.2, 0.25) is 5.43 Å². The fraction of sp³-hybridized carbons (Fsp3) is 0.409. The zero-order valence-electron chi connectivity index (χ0n) is 17.3. The lowest BCUT2D eigenvalue weighted by Gasteiger charge is -2.47. The summed E-state index contributed by atoms with van der Waals surface area (Å²) in [5, 5.41) is 13.1. The van der Waals surface area contributed by atoms with E-state index in [4.69, 9.17) is 4.74 Å². The number of hydrogen-bond donors (Lipinski definition) is 2. The van der Waals surface area contributed by atoms with Gasteiger partial charge < -0.3 is 24.6 Å². The molecule has 164 valence electrons. The van der Waals surface area contributed by atoms with E-state index in [1.165, 1.54) is 35.0 Å². The first kappa shape index (κ1) is 21.0. The maximum Gasteiger partial charge on any atom is 0.276 e. The van der Waals surface area contributed by atoms with Crippen LogP contribution in [0.2, 0.25) is 0 Å². The second-order valence-corrected chi connectivity index (χ2v) is 7.94. The molecule has 3 heterocycles. The van der Waals surface area contributed by atoms with Crippen LogP contribution in [-0.4, -0.2) is 44.8 Å². The largest absolute Gasteiger partial charge is 0.503 e. The number of aromatic nitrogens is 1. The number of pyridine rings is 1. The lowest BCUT2D eigenvalue weighted by Crippen LogP contribution is -2.59. The van der Waals surface area contributed by atoms with Crippen LogP contribution in [0, 0.1) is 5.82 Å². The quantitative estimate of drug-likeness (QED) is 0.774. The average Bonchev–Trinajstić information content (AvgIpc) is 2.74. The number of aromatic hydroxyl groups is 1. The zero-order valence-corrected chi connectivity index (χ0v) is 17.3. The summed E-state index contributed by atoms with van der Waals surface area (Å²) in [6.45, 7) is 4.20. The number of rotatable bonds is 4. The molecule has 1 fully saturated rings. The van der Waals surface area contributed by atoms with Crippen molar-refractivity contribution < 1.29 is 23.8 Å². The molecule has 0 unspecified atom stereocenters. The first-order valence-electron chi connectivity index (χ1n) is 10.3. The number of nitrogens with one attached hydrogen (secondary N) is 1. The molecule has 31 heavy (non-hydrogen) atoms. The van der Waals surface area contributed by atoms with Gasteiger partial charge in [-0.2, -0.15) is 0 Å². The van der Waals surface area contributed by atoms with Gasteiger partial charge in [-0.3, -0.25) is 14.4 Å². The van der Waals surface area contributed by atoms with Crippen LogP contribution >= 0.6 is 0 Å². The Labute approximate surface area is 178 Å². The molecule has 4 rings (SSSR count). The Morgan fingerprint density at radius 1 is 1.29 bits per heavy atom. The monoisotopic (exact) mass is 429 g/mol. The predicted molar refractivity (Wildman–Crippen MR) is 109 cm³/mol. The second-order valence-electron chi connectivity index (χ2n) is 7.94. The fourth-order valence-electron chi connectivity index (χ4n) is 4.26. The van der Waals surface area contributed by atoms with Crippen molar-refractivity contribution in [1.82, 2.24) is 14.8 Å². The highest BCUT2D eigenvalue weighted by atomic mass is 19.1. The second kappa shape index (κ2) is 8.14. The molecule has 1 saturated heterocycles. The average molecular weight is 429 g/mol. The Balaban J connectivity index is 1.63. The zero-order chi connectivity index (χ0) is 22.3. The van der Waals surface area contributed by atoms with Crippen LogP contribution < -0.4 is 10.7 Å². The minimum Gasteiger partial charge on any atom is -0.503 e.